The summed E-state index contributed by atoms with van der Waals surface area (Å²) in [6.45, 7) is 0. The standard InChI is InChI=1S/C72H49N3/c1-4-21-51(22-5-1)59-29-10-11-30-60(59)61-31-12-13-32-62(61)63-33-14-17-36-68(63)73(57-43-39-50(40-44-57)53-41-45-71-66(48-53)64-34-15-18-37-69(64)74(71)55-24-6-2-7-25-55)58-28-20-23-52(47-58)54-42-46-72-67(49-54)65-35-16-19-38-70(65)75(72)56-26-8-3-9-27-56/h1-49H. The number of aromatic nitrogens is 2. The summed E-state index contributed by atoms with van der Waals surface area (Å²) < 4.78 is 4.75. The Morgan fingerprint density at radius 3 is 1.20 bits per heavy atom. The Hall–Kier alpha value is -9.96. The zero-order valence-electron chi connectivity index (χ0n) is 41.1. The summed E-state index contributed by atoms with van der Waals surface area (Å²) in [5, 5.41) is 4.94. The summed E-state index contributed by atoms with van der Waals surface area (Å²) in [5.41, 5.74) is 22.0. The molecule has 0 unspecified atom stereocenters. The van der Waals surface area contributed by atoms with Crippen molar-refractivity contribution in [3.05, 3.63) is 297 Å². The fraction of sp³-hybridized carbons (Fsp3) is 0. The molecule has 0 aliphatic heterocycles. The third kappa shape index (κ3) is 7.69. The minimum Gasteiger partial charge on any atom is -0.310 e. The van der Waals surface area contributed by atoms with Crippen molar-refractivity contribution in [3.8, 4) is 67.0 Å². The number of fused-ring (bicyclic) bond motifs is 6. The van der Waals surface area contributed by atoms with Crippen LogP contribution in [0.4, 0.5) is 17.1 Å². The fourth-order valence-corrected chi connectivity index (χ4v) is 11.5. The van der Waals surface area contributed by atoms with Gasteiger partial charge in [-0.2, -0.15) is 0 Å². The smallest absolute Gasteiger partial charge is 0.0541 e. The minimum atomic E-state index is 1.06. The van der Waals surface area contributed by atoms with Crippen LogP contribution in [-0.4, -0.2) is 9.13 Å². The van der Waals surface area contributed by atoms with Gasteiger partial charge in [-0.25, -0.2) is 0 Å². The van der Waals surface area contributed by atoms with Crippen molar-refractivity contribution in [1.29, 1.82) is 0 Å². The highest BCUT2D eigenvalue weighted by Gasteiger charge is 2.22. The summed E-state index contributed by atoms with van der Waals surface area (Å²) >= 11 is 0. The van der Waals surface area contributed by atoms with E-state index in [0.29, 0.717) is 0 Å². The molecule has 0 saturated carbocycles. The van der Waals surface area contributed by atoms with Crippen molar-refractivity contribution in [1.82, 2.24) is 9.13 Å². The van der Waals surface area contributed by atoms with Crippen LogP contribution < -0.4 is 4.90 Å². The molecule has 12 aromatic carbocycles. The second-order valence-corrected chi connectivity index (χ2v) is 19.2. The third-order valence-corrected chi connectivity index (χ3v) is 14.9. The van der Waals surface area contributed by atoms with Crippen LogP contribution in [0.1, 0.15) is 0 Å². The van der Waals surface area contributed by atoms with Gasteiger partial charge in [-0.1, -0.05) is 206 Å². The lowest BCUT2D eigenvalue weighted by molar-refractivity contribution is 1.18. The maximum atomic E-state index is 2.44. The van der Waals surface area contributed by atoms with Crippen molar-refractivity contribution in [3.63, 3.8) is 0 Å². The van der Waals surface area contributed by atoms with E-state index in [9.17, 15) is 0 Å². The molecule has 3 nitrogen and oxygen atoms in total. The van der Waals surface area contributed by atoms with E-state index in [2.05, 4.69) is 311 Å². The van der Waals surface area contributed by atoms with Crippen LogP contribution in [0.5, 0.6) is 0 Å². The molecule has 0 atom stereocenters. The van der Waals surface area contributed by atoms with Crippen molar-refractivity contribution in [2.45, 2.75) is 0 Å². The molecule has 0 bridgehead atoms. The molecular formula is C72H49N3. The Morgan fingerprint density at radius 2 is 0.613 bits per heavy atom. The van der Waals surface area contributed by atoms with Gasteiger partial charge in [0.2, 0.25) is 0 Å². The minimum absolute atomic E-state index is 1.06. The van der Waals surface area contributed by atoms with E-state index in [-0.39, 0.29) is 0 Å². The first-order chi connectivity index (χ1) is 37.2. The number of hydrogen-bond donors (Lipinski definition) is 0. The highest BCUT2D eigenvalue weighted by atomic mass is 15.1. The molecule has 3 heteroatoms. The topological polar surface area (TPSA) is 13.1 Å². The molecule has 0 amide bonds. The van der Waals surface area contributed by atoms with Gasteiger partial charge in [0.05, 0.1) is 27.8 Å². The molecule has 75 heavy (non-hydrogen) atoms. The van der Waals surface area contributed by atoms with Crippen molar-refractivity contribution < 1.29 is 0 Å². The van der Waals surface area contributed by atoms with E-state index in [4.69, 9.17) is 0 Å². The van der Waals surface area contributed by atoms with Crippen LogP contribution in [-0.2, 0) is 0 Å². The molecule has 0 aliphatic rings. The molecule has 0 N–H and O–H groups in total. The van der Waals surface area contributed by atoms with Crippen LogP contribution in [0, 0.1) is 0 Å². The van der Waals surface area contributed by atoms with Crippen LogP contribution >= 0.6 is 0 Å². The maximum absolute atomic E-state index is 2.44. The lowest BCUT2D eigenvalue weighted by atomic mass is 9.88. The Kier molecular flexibility index (Phi) is 10.8. The SMILES string of the molecule is c1ccc(-c2ccccc2-c2ccccc2-c2ccccc2N(c2ccc(-c3ccc4c(c3)c3ccccc3n4-c3ccccc3)cc2)c2cccc(-c3ccc4c(c3)c3ccccc3n4-c3ccccc3)c2)cc1. The molecule has 2 aromatic heterocycles. The monoisotopic (exact) mass is 955 g/mol. The van der Waals surface area contributed by atoms with Crippen LogP contribution in [0.2, 0.25) is 0 Å². The average molecular weight is 956 g/mol. The summed E-state index contributed by atoms with van der Waals surface area (Å²) in [7, 11) is 0. The molecule has 0 fully saturated rings. The number of para-hydroxylation sites is 5. The van der Waals surface area contributed by atoms with Gasteiger partial charge in [-0.05, 0) is 141 Å². The van der Waals surface area contributed by atoms with Gasteiger partial charge >= 0.3 is 0 Å². The van der Waals surface area contributed by atoms with E-state index in [1.165, 1.54) is 71.4 Å². The van der Waals surface area contributed by atoms with Gasteiger partial charge in [0.1, 0.15) is 0 Å². The number of rotatable bonds is 10. The van der Waals surface area contributed by atoms with E-state index < -0.39 is 0 Å². The molecule has 0 saturated heterocycles. The second kappa shape index (κ2) is 18.6. The lowest BCUT2D eigenvalue weighted by Gasteiger charge is -2.29. The van der Waals surface area contributed by atoms with Gasteiger partial charge in [0.25, 0.3) is 0 Å². The number of hydrogen-bond acceptors (Lipinski definition) is 1. The van der Waals surface area contributed by atoms with Gasteiger partial charge in [-0.3, -0.25) is 0 Å². The summed E-state index contributed by atoms with van der Waals surface area (Å²) in [4.78, 5) is 2.44. The summed E-state index contributed by atoms with van der Waals surface area (Å²) in [5.74, 6) is 0. The fourth-order valence-electron chi connectivity index (χ4n) is 11.5. The first-order valence-electron chi connectivity index (χ1n) is 25.8. The third-order valence-electron chi connectivity index (χ3n) is 14.9. The van der Waals surface area contributed by atoms with Crippen molar-refractivity contribution in [2.75, 3.05) is 4.90 Å². The van der Waals surface area contributed by atoms with E-state index in [1.54, 1.807) is 0 Å². The number of anilines is 3. The number of nitrogens with zero attached hydrogens (tertiary/aromatic N) is 3. The summed E-state index contributed by atoms with van der Waals surface area (Å²) in [6.07, 6.45) is 0. The van der Waals surface area contributed by atoms with Crippen molar-refractivity contribution in [2.24, 2.45) is 0 Å². The first kappa shape index (κ1) is 43.8. The molecular weight excluding hydrogens is 907 g/mol. The largest absolute Gasteiger partial charge is 0.310 e. The predicted octanol–water partition coefficient (Wildman–Crippen LogP) is 19.7. The normalized spacial score (nSPS) is 11.5. The lowest BCUT2D eigenvalue weighted by Crippen LogP contribution is -2.11. The Bertz CT molecular complexity index is 4400. The summed E-state index contributed by atoms with van der Waals surface area (Å²) in [6, 6.07) is 108. The molecule has 352 valence electrons. The Labute approximate surface area is 436 Å². The van der Waals surface area contributed by atoms with Crippen LogP contribution in [0.3, 0.4) is 0 Å². The average Bonchev–Trinajstić information content (AvgIpc) is 4.01. The molecule has 14 aromatic rings. The van der Waals surface area contributed by atoms with Gasteiger partial charge in [-0.15, -0.1) is 0 Å². The van der Waals surface area contributed by atoms with Crippen LogP contribution in [0.15, 0.2) is 297 Å². The Balaban J connectivity index is 0.922. The zero-order chi connectivity index (χ0) is 49.7. The van der Waals surface area contributed by atoms with E-state index >= 15 is 0 Å². The van der Waals surface area contributed by atoms with Gasteiger partial charge < -0.3 is 14.0 Å². The molecule has 0 radical (unpaired) electrons. The molecule has 0 spiro atoms. The van der Waals surface area contributed by atoms with Gasteiger partial charge in [0.15, 0.2) is 0 Å². The predicted molar refractivity (Wildman–Crippen MR) is 317 cm³/mol. The maximum Gasteiger partial charge on any atom is 0.0541 e. The molecule has 2 heterocycles. The molecule has 0 aliphatic carbocycles. The zero-order valence-corrected chi connectivity index (χ0v) is 41.1. The quantitative estimate of drug-likeness (QED) is 0.133. The van der Waals surface area contributed by atoms with Crippen molar-refractivity contribution >= 4 is 60.7 Å². The van der Waals surface area contributed by atoms with E-state index in [0.717, 1.165) is 56.3 Å². The van der Waals surface area contributed by atoms with E-state index in [1.807, 2.05) is 0 Å². The Morgan fingerprint density at radius 1 is 0.213 bits per heavy atom. The highest BCUT2D eigenvalue weighted by molar-refractivity contribution is 6.12. The number of benzene rings is 12. The first-order valence-corrected chi connectivity index (χ1v) is 25.8. The highest BCUT2D eigenvalue weighted by Crippen LogP contribution is 2.47. The van der Waals surface area contributed by atoms with Crippen LogP contribution in [0.25, 0.3) is 111 Å². The second-order valence-electron chi connectivity index (χ2n) is 19.2. The molecule has 14 rings (SSSR count). The van der Waals surface area contributed by atoms with Gasteiger partial charge in [0, 0.05) is 49.9 Å².